The van der Waals surface area contributed by atoms with E-state index in [2.05, 4.69) is 5.32 Å². The van der Waals surface area contributed by atoms with Crippen LogP contribution in [0.25, 0.3) is 0 Å². The zero-order valence-electron chi connectivity index (χ0n) is 14.9. The lowest BCUT2D eigenvalue weighted by Gasteiger charge is -2.10. The number of rotatable bonds is 8. The number of benzene rings is 3. The molecule has 0 aliphatic carbocycles. The van der Waals surface area contributed by atoms with E-state index >= 15 is 0 Å². The largest absolute Gasteiger partial charge is 0.375 e. The molecule has 0 heterocycles. The van der Waals surface area contributed by atoms with Gasteiger partial charge in [0, 0.05) is 17.7 Å². The summed E-state index contributed by atoms with van der Waals surface area (Å²) in [5, 5.41) is 2.82. The van der Waals surface area contributed by atoms with Crippen molar-refractivity contribution in [1.82, 2.24) is 5.32 Å². The number of hydrogen-bond acceptors (Lipinski definition) is 3. The minimum Gasteiger partial charge on any atom is -0.375 e. The Labute approximate surface area is 158 Å². The van der Waals surface area contributed by atoms with Crippen LogP contribution in [0.4, 0.5) is 0 Å². The van der Waals surface area contributed by atoms with E-state index in [-0.39, 0.29) is 11.7 Å². The molecule has 0 aromatic heterocycles. The average molecular weight is 359 g/mol. The third-order valence-electron chi connectivity index (χ3n) is 4.10. The Morgan fingerprint density at radius 3 is 2.04 bits per heavy atom. The lowest BCUT2D eigenvalue weighted by molar-refractivity contribution is 0.0894. The minimum atomic E-state index is -0.279. The minimum absolute atomic E-state index is 0.165. The number of hydrogen-bond donors (Lipinski definition) is 1. The highest BCUT2D eigenvalue weighted by Crippen LogP contribution is 2.14. The Bertz CT molecular complexity index is 892. The fourth-order valence-electron chi connectivity index (χ4n) is 2.72. The van der Waals surface area contributed by atoms with Crippen molar-refractivity contribution < 1.29 is 14.3 Å². The molecule has 0 aliphatic heterocycles. The van der Waals surface area contributed by atoms with Crippen molar-refractivity contribution in [1.29, 1.82) is 0 Å². The molecule has 4 heteroatoms. The first-order valence-corrected chi connectivity index (χ1v) is 8.84. The molecule has 136 valence electrons. The first-order chi connectivity index (χ1) is 13.3. The quantitative estimate of drug-likeness (QED) is 0.491. The van der Waals surface area contributed by atoms with E-state index in [9.17, 15) is 9.59 Å². The molecule has 0 aliphatic rings. The summed E-state index contributed by atoms with van der Waals surface area (Å²) in [6.45, 7) is 1.27. The van der Waals surface area contributed by atoms with Gasteiger partial charge in [-0.25, -0.2) is 0 Å². The third-order valence-corrected chi connectivity index (χ3v) is 4.10. The monoisotopic (exact) mass is 359 g/mol. The molecule has 0 saturated carbocycles. The molecule has 0 radical (unpaired) electrons. The number of ketones is 1. The SMILES string of the molecule is O=C(NCCOCc1ccccc1)c1ccccc1C(=O)c1ccccc1. The van der Waals surface area contributed by atoms with Crippen LogP contribution in [0.5, 0.6) is 0 Å². The Kier molecular flexibility index (Phi) is 6.50. The molecule has 3 rings (SSSR count). The second kappa shape index (κ2) is 9.46. The molecule has 0 bridgehead atoms. The number of carbonyl (C=O) groups excluding carboxylic acids is 2. The Hall–Kier alpha value is -3.24. The van der Waals surface area contributed by atoms with Crippen molar-refractivity contribution in [2.24, 2.45) is 0 Å². The van der Waals surface area contributed by atoms with E-state index in [1.165, 1.54) is 0 Å². The van der Waals surface area contributed by atoms with E-state index in [1.807, 2.05) is 36.4 Å². The summed E-state index contributed by atoms with van der Waals surface area (Å²) >= 11 is 0. The molecule has 3 aromatic carbocycles. The van der Waals surface area contributed by atoms with Crippen LogP contribution in [-0.2, 0) is 11.3 Å². The summed E-state index contributed by atoms with van der Waals surface area (Å²) in [6, 6.07) is 25.7. The first-order valence-electron chi connectivity index (χ1n) is 8.84. The Balaban J connectivity index is 1.56. The van der Waals surface area contributed by atoms with Crippen LogP contribution in [0.2, 0.25) is 0 Å². The maximum atomic E-state index is 12.7. The van der Waals surface area contributed by atoms with Crippen molar-refractivity contribution in [3.63, 3.8) is 0 Å². The molecule has 0 unspecified atom stereocenters. The van der Waals surface area contributed by atoms with Gasteiger partial charge in [-0.1, -0.05) is 78.9 Å². The molecule has 0 fully saturated rings. The second-order valence-electron chi connectivity index (χ2n) is 6.03. The molecule has 0 atom stereocenters. The zero-order chi connectivity index (χ0) is 18.9. The molecule has 1 amide bonds. The number of nitrogens with one attached hydrogen (secondary N) is 1. The summed E-state index contributed by atoms with van der Waals surface area (Å²) in [4.78, 5) is 25.2. The van der Waals surface area contributed by atoms with Gasteiger partial charge in [-0.2, -0.15) is 0 Å². The molecule has 0 saturated heterocycles. The van der Waals surface area contributed by atoms with E-state index in [0.29, 0.717) is 36.4 Å². The van der Waals surface area contributed by atoms with Crippen molar-refractivity contribution in [2.75, 3.05) is 13.2 Å². The van der Waals surface area contributed by atoms with Crippen LogP contribution in [0.15, 0.2) is 84.9 Å². The van der Waals surface area contributed by atoms with Gasteiger partial charge < -0.3 is 10.1 Å². The predicted octanol–water partition coefficient (Wildman–Crippen LogP) is 3.86. The summed E-state index contributed by atoms with van der Waals surface area (Å²) in [6.07, 6.45) is 0. The predicted molar refractivity (Wildman–Crippen MR) is 105 cm³/mol. The van der Waals surface area contributed by atoms with Crippen LogP contribution in [0.1, 0.15) is 31.8 Å². The van der Waals surface area contributed by atoms with E-state index in [4.69, 9.17) is 4.74 Å². The van der Waals surface area contributed by atoms with Crippen LogP contribution in [0, 0.1) is 0 Å². The normalized spacial score (nSPS) is 10.4. The molecule has 3 aromatic rings. The highest BCUT2D eigenvalue weighted by molar-refractivity contribution is 6.15. The Morgan fingerprint density at radius 2 is 1.33 bits per heavy atom. The summed E-state index contributed by atoms with van der Waals surface area (Å²) in [5.74, 6) is -0.445. The van der Waals surface area contributed by atoms with Gasteiger partial charge in [0.05, 0.1) is 18.8 Å². The van der Waals surface area contributed by atoms with Crippen molar-refractivity contribution in [3.05, 3.63) is 107 Å². The van der Waals surface area contributed by atoms with Crippen molar-refractivity contribution >= 4 is 11.7 Å². The molecular formula is C23H21NO3. The molecular weight excluding hydrogens is 338 g/mol. The van der Waals surface area contributed by atoms with Gasteiger partial charge in [-0.15, -0.1) is 0 Å². The average Bonchev–Trinajstić information content (AvgIpc) is 2.74. The van der Waals surface area contributed by atoms with Gasteiger partial charge in [-0.05, 0) is 11.6 Å². The summed E-state index contributed by atoms with van der Waals surface area (Å²) in [7, 11) is 0. The molecule has 0 spiro atoms. The topological polar surface area (TPSA) is 55.4 Å². The maximum absolute atomic E-state index is 12.7. The zero-order valence-corrected chi connectivity index (χ0v) is 14.9. The Morgan fingerprint density at radius 1 is 0.741 bits per heavy atom. The number of carbonyl (C=O) groups is 2. The van der Waals surface area contributed by atoms with Gasteiger partial charge in [-0.3, -0.25) is 9.59 Å². The lowest BCUT2D eigenvalue weighted by atomic mass is 9.98. The lowest BCUT2D eigenvalue weighted by Crippen LogP contribution is -2.28. The van der Waals surface area contributed by atoms with E-state index in [0.717, 1.165) is 5.56 Å². The summed E-state index contributed by atoms with van der Waals surface area (Å²) in [5.41, 5.74) is 2.41. The van der Waals surface area contributed by atoms with Gasteiger partial charge in [0.25, 0.3) is 5.91 Å². The molecule has 1 N–H and O–H groups in total. The van der Waals surface area contributed by atoms with Gasteiger partial charge in [0.1, 0.15) is 0 Å². The van der Waals surface area contributed by atoms with Gasteiger partial charge in [0.2, 0.25) is 0 Å². The van der Waals surface area contributed by atoms with Gasteiger partial charge in [0.15, 0.2) is 5.78 Å². The van der Waals surface area contributed by atoms with Crippen molar-refractivity contribution in [3.8, 4) is 0 Å². The van der Waals surface area contributed by atoms with Crippen LogP contribution >= 0.6 is 0 Å². The van der Waals surface area contributed by atoms with Crippen LogP contribution in [0.3, 0.4) is 0 Å². The highest BCUT2D eigenvalue weighted by atomic mass is 16.5. The fourth-order valence-corrected chi connectivity index (χ4v) is 2.72. The smallest absolute Gasteiger partial charge is 0.252 e. The van der Waals surface area contributed by atoms with Crippen molar-refractivity contribution in [2.45, 2.75) is 6.61 Å². The van der Waals surface area contributed by atoms with Gasteiger partial charge >= 0.3 is 0 Å². The van der Waals surface area contributed by atoms with E-state index in [1.54, 1.807) is 48.5 Å². The number of amides is 1. The van der Waals surface area contributed by atoms with Crippen LogP contribution in [-0.4, -0.2) is 24.8 Å². The highest BCUT2D eigenvalue weighted by Gasteiger charge is 2.17. The fraction of sp³-hybridized carbons (Fsp3) is 0.130. The maximum Gasteiger partial charge on any atom is 0.252 e. The molecule has 4 nitrogen and oxygen atoms in total. The summed E-state index contributed by atoms with van der Waals surface area (Å²) < 4.78 is 5.57. The standard InChI is InChI=1S/C23H21NO3/c25-22(19-11-5-2-6-12-19)20-13-7-8-14-21(20)23(26)24-15-16-27-17-18-9-3-1-4-10-18/h1-14H,15-17H2,(H,24,26). The third kappa shape index (κ3) is 5.12. The number of ether oxygens (including phenoxy) is 1. The van der Waals surface area contributed by atoms with E-state index < -0.39 is 0 Å². The second-order valence-corrected chi connectivity index (χ2v) is 6.03. The first kappa shape index (κ1) is 18.5. The van der Waals surface area contributed by atoms with Crippen LogP contribution < -0.4 is 5.32 Å². The molecule has 27 heavy (non-hydrogen) atoms.